The second-order valence-electron chi connectivity index (χ2n) is 6.40. The summed E-state index contributed by atoms with van der Waals surface area (Å²) >= 11 is 0. The Morgan fingerprint density at radius 1 is 1.29 bits per heavy atom. The molecule has 1 saturated carbocycles. The van der Waals surface area contributed by atoms with Crippen LogP contribution in [-0.2, 0) is 13.0 Å². The molecule has 110 valence electrons. The van der Waals surface area contributed by atoms with E-state index in [2.05, 4.69) is 45.2 Å². The molecule has 1 N–H and O–H groups in total. The fraction of sp³-hybridized carbons (Fsp3) is 0.529. The Balaban J connectivity index is 1.38. The molecule has 0 spiro atoms. The van der Waals surface area contributed by atoms with E-state index in [-0.39, 0.29) is 0 Å². The minimum atomic E-state index is 0.515. The number of nitrogens with one attached hydrogen (secondary N) is 1. The monoisotopic (exact) mass is 282 g/mol. The van der Waals surface area contributed by atoms with E-state index in [4.69, 9.17) is 0 Å². The molecule has 2 aromatic rings. The Hall–Kier alpha value is -1.68. The van der Waals surface area contributed by atoms with Crippen LogP contribution in [-0.4, -0.2) is 21.3 Å². The molecule has 1 aromatic heterocycles. The van der Waals surface area contributed by atoms with Crippen molar-refractivity contribution >= 4 is 0 Å². The molecule has 0 radical (unpaired) electrons. The second kappa shape index (κ2) is 5.26. The molecular weight excluding hydrogens is 260 g/mol. The zero-order valence-electron chi connectivity index (χ0n) is 12.5. The van der Waals surface area contributed by atoms with Crippen molar-refractivity contribution in [3.8, 4) is 0 Å². The number of aromatic nitrogens is 3. The Bertz CT molecular complexity index is 642. The predicted molar refractivity (Wildman–Crippen MR) is 82.2 cm³/mol. The van der Waals surface area contributed by atoms with Crippen molar-refractivity contribution in [1.29, 1.82) is 0 Å². The van der Waals surface area contributed by atoms with Crippen molar-refractivity contribution < 1.29 is 0 Å². The molecule has 0 amide bonds. The van der Waals surface area contributed by atoms with E-state index >= 15 is 0 Å². The summed E-state index contributed by atoms with van der Waals surface area (Å²) in [6.07, 6.45) is 6.86. The normalized spacial score (nSPS) is 20.7. The Morgan fingerprint density at radius 3 is 3.05 bits per heavy atom. The zero-order valence-corrected chi connectivity index (χ0v) is 12.5. The van der Waals surface area contributed by atoms with Crippen LogP contribution in [0.25, 0.3) is 0 Å². The van der Waals surface area contributed by atoms with Gasteiger partial charge in [0, 0.05) is 25.0 Å². The summed E-state index contributed by atoms with van der Waals surface area (Å²) in [6.45, 7) is 4.13. The molecule has 2 aliphatic rings. The van der Waals surface area contributed by atoms with Gasteiger partial charge in [0.2, 0.25) is 0 Å². The van der Waals surface area contributed by atoms with E-state index in [9.17, 15) is 0 Å². The number of benzene rings is 1. The standard InChI is InChI=1S/C17H22N4/c1-12-2-3-13-6-7-16(15(13)10-12)18-8-9-21-11-19-20-17(21)14-4-5-14/h2-3,10-11,14,16,18H,4-9H2,1H3. The lowest BCUT2D eigenvalue weighted by Crippen LogP contribution is -2.24. The lowest BCUT2D eigenvalue weighted by Gasteiger charge is -2.15. The van der Waals surface area contributed by atoms with Crippen LogP contribution in [0.1, 0.15) is 53.7 Å². The van der Waals surface area contributed by atoms with Gasteiger partial charge in [0.15, 0.2) is 0 Å². The zero-order chi connectivity index (χ0) is 14.2. The van der Waals surface area contributed by atoms with E-state index in [0.717, 1.165) is 13.1 Å². The van der Waals surface area contributed by atoms with Gasteiger partial charge in [-0.1, -0.05) is 23.8 Å². The predicted octanol–water partition coefficient (Wildman–Crippen LogP) is 2.74. The molecule has 1 aromatic carbocycles. The van der Waals surface area contributed by atoms with Gasteiger partial charge < -0.3 is 9.88 Å². The van der Waals surface area contributed by atoms with Crippen LogP contribution in [0.2, 0.25) is 0 Å². The summed E-state index contributed by atoms with van der Waals surface area (Å²) in [5.41, 5.74) is 4.37. The van der Waals surface area contributed by atoms with Crippen molar-refractivity contribution in [2.24, 2.45) is 0 Å². The summed E-state index contributed by atoms with van der Waals surface area (Å²) in [5, 5.41) is 12.0. The van der Waals surface area contributed by atoms with Gasteiger partial charge in [0.1, 0.15) is 12.2 Å². The smallest absolute Gasteiger partial charge is 0.135 e. The highest BCUT2D eigenvalue weighted by atomic mass is 15.3. The van der Waals surface area contributed by atoms with Gasteiger partial charge in [-0.2, -0.15) is 0 Å². The van der Waals surface area contributed by atoms with E-state index in [1.807, 2.05) is 6.33 Å². The Labute approximate surface area is 125 Å². The summed E-state index contributed by atoms with van der Waals surface area (Å²) in [4.78, 5) is 0. The Morgan fingerprint density at radius 2 is 2.19 bits per heavy atom. The number of hydrogen-bond acceptors (Lipinski definition) is 3. The first-order valence-corrected chi connectivity index (χ1v) is 8.02. The fourth-order valence-corrected chi connectivity index (χ4v) is 3.39. The third kappa shape index (κ3) is 2.60. The minimum absolute atomic E-state index is 0.515. The topological polar surface area (TPSA) is 42.7 Å². The van der Waals surface area contributed by atoms with Gasteiger partial charge in [-0.25, -0.2) is 0 Å². The maximum absolute atomic E-state index is 4.26. The maximum Gasteiger partial charge on any atom is 0.135 e. The maximum atomic E-state index is 4.26. The lowest BCUT2D eigenvalue weighted by molar-refractivity contribution is 0.494. The van der Waals surface area contributed by atoms with Crippen LogP contribution >= 0.6 is 0 Å². The molecule has 2 aliphatic carbocycles. The van der Waals surface area contributed by atoms with Crippen LogP contribution in [0.5, 0.6) is 0 Å². The quantitative estimate of drug-likeness (QED) is 0.917. The number of nitrogens with zero attached hydrogens (tertiary/aromatic N) is 3. The number of hydrogen-bond donors (Lipinski definition) is 1. The van der Waals surface area contributed by atoms with Crippen molar-refractivity contribution in [3.63, 3.8) is 0 Å². The summed E-state index contributed by atoms with van der Waals surface area (Å²) < 4.78 is 2.22. The summed E-state index contributed by atoms with van der Waals surface area (Å²) in [5.74, 6) is 1.85. The SMILES string of the molecule is Cc1ccc2c(c1)C(NCCn1cnnc1C1CC1)CC2. The molecule has 4 nitrogen and oxygen atoms in total. The number of aryl methyl sites for hydroxylation is 2. The van der Waals surface area contributed by atoms with Crippen LogP contribution in [0.3, 0.4) is 0 Å². The molecule has 1 fully saturated rings. The van der Waals surface area contributed by atoms with Crippen LogP contribution in [0.4, 0.5) is 0 Å². The molecule has 1 unspecified atom stereocenters. The molecule has 4 rings (SSSR count). The van der Waals surface area contributed by atoms with Crippen molar-refractivity contribution in [3.05, 3.63) is 47.0 Å². The van der Waals surface area contributed by atoms with Gasteiger partial charge in [-0.15, -0.1) is 10.2 Å². The largest absolute Gasteiger partial charge is 0.316 e. The van der Waals surface area contributed by atoms with Gasteiger partial charge in [0.25, 0.3) is 0 Å². The molecule has 4 heteroatoms. The van der Waals surface area contributed by atoms with Crippen molar-refractivity contribution in [1.82, 2.24) is 20.1 Å². The average Bonchev–Trinajstić information content (AvgIpc) is 3.10. The van der Waals surface area contributed by atoms with E-state index < -0.39 is 0 Å². The van der Waals surface area contributed by atoms with Crippen LogP contribution in [0, 0.1) is 6.92 Å². The van der Waals surface area contributed by atoms with E-state index in [1.54, 1.807) is 0 Å². The summed E-state index contributed by atoms with van der Waals surface area (Å²) in [7, 11) is 0. The molecule has 1 heterocycles. The molecule has 1 atom stereocenters. The number of rotatable bonds is 5. The van der Waals surface area contributed by atoms with E-state index in [0.29, 0.717) is 12.0 Å². The van der Waals surface area contributed by atoms with Gasteiger partial charge >= 0.3 is 0 Å². The van der Waals surface area contributed by atoms with Gasteiger partial charge in [-0.05, 0) is 43.7 Å². The molecular formula is C17H22N4. The Kier molecular flexibility index (Phi) is 3.26. The van der Waals surface area contributed by atoms with Crippen molar-refractivity contribution in [2.45, 2.75) is 51.1 Å². The highest BCUT2D eigenvalue weighted by Crippen LogP contribution is 2.38. The van der Waals surface area contributed by atoms with E-state index in [1.165, 1.54) is 48.2 Å². The molecule has 0 saturated heterocycles. The highest BCUT2D eigenvalue weighted by Gasteiger charge is 2.28. The molecule has 21 heavy (non-hydrogen) atoms. The number of fused-ring (bicyclic) bond motifs is 1. The first kappa shape index (κ1) is 13.0. The van der Waals surface area contributed by atoms with Crippen LogP contribution < -0.4 is 5.32 Å². The van der Waals surface area contributed by atoms with Crippen LogP contribution in [0.15, 0.2) is 24.5 Å². The van der Waals surface area contributed by atoms with Gasteiger partial charge in [0.05, 0.1) is 0 Å². The first-order valence-electron chi connectivity index (χ1n) is 8.02. The molecule has 0 bridgehead atoms. The third-order valence-electron chi connectivity index (χ3n) is 4.71. The second-order valence-corrected chi connectivity index (χ2v) is 6.40. The fourth-order valence-electron chi connectivity index (χ4n) is 3.39. The highest BCUT2D eigenvalue weighted by molar-refractivity contribution is 5.37. The minimum Gasteiger partial charge on any atom is -0.316 e. The lowest BCUT2D eigenvalue weighted by atomic mass is 10.1. The third-order valence-corrected chi connectivity index (χ3v) is 4.71. The average molecular weight is 282 g/mol. The van der Waals surface area contributed by atoms with Gasteiger partial charge in [-0.3, -0.25) is 0 Å². The van der Waals surface area contributed by atoms with Crippen molar-refractivity contribution in [2.75, 3.05) is 6.54 Å². The summed E-state index contributed by atoms with van der Waals surface area (Å²) in [6, 6.07) is 7.37. The molecule has 0 aliphatic heterocycles. The first-order chi connectivity index (χ1) is 10.3.